The molecule has 1 aromatic carbocycles. The highest BCUT2D eigenvalue weighted by molar-refractivity contribution is 5.93. The molecular formula is C16H23N3O3. The standard InChI is InChI=1S/C16H23N3O3/c1-10-5-6-14(17-13(4)20)7-15(10)18-16(21)19-8-11(2)22-12(3)9-19/h5-7,11-12H,8-9H2,1-4H3,(H,17,20)(H,18,21)/t11-,12+. The lowest BCUT2D eigenvalue weighted by Gasteiger charge is -2.35. The maximum atomic E-state index is 12.4. The zero-order valence-electron chi connectivity index (χ0n) is 13.5. The number of nitrogens with zero attached hydrogens (tertiary/aromatic N) is 1. The Morgan fingerprint density at radius 2 is 1.82 bits per heavy atom. The van der Waals surface area contributed by atoms with Gasteiger partial charge in [0.1, 0.15) is 0 Å². The minimum Gasteiger partial charge on any atom is -0.372 e. The van der Waals surface area contributed by atoms with Gasteiger partial charge in [-0.15, -0.1) is 0 Å². The van der Waals surface area contributed by atoms with Crippen molar-refractivity contribution in [1.82, 2.24) is 4.90 Å². The summed E-state index contributed by atoms with van der Waals surface area (Å²) in [4.78, 5) is 25.3. The Labute approximate surface area is 130 Å². The highest BCUT2D eigenvalue weighted by Gasteiger charge is 2.26. The molecule has 0 unspecified atom stereocenters. The number of ether oxygens (including phenoxy) is 1. The smallest absolute Gasteiger partial charge is 0.322 e. The Hall–Kier alpha value is -2.08. The van der Waals surface area contributed by atoms with E-state index in [0.717, 1.165) is 5.56 Å². The highest BCUT2D eigenvalue weighted by atomic mass is 16.5. The lowest BCUT2D eigenvalue weighted by molar-refractivity contribution is -0.114. The zero-order valence-corrected chi connectivity index (χ0v) is 13.5. The van der Waals surface area contributed by atoms with Crippen molar-refractivity contribution in [3.63, 3.8) is 0 Å². The van der Waals surface area contributed by atoms with Gasteiger partial charge in [0.25, 0.3) is 0 Å². The van der Waals surface area contributed by atoms with Crippen LogP contribution < -0.4 is 10.6 Å². The zero-order chi connectivity index (χ0) is 16.3. The van der Waals surface area contributed by atoms with Gasteiger partial charge >= 0.3 is 6.03 Å². The number of carbonyl (C=O) groups is 2. The predicted molar refractivity (Wildman–Crippen MR) is 86.1 cm³/mol. The lowest BCUT2D eigenvalue weighted by Crippen LogP contribution is -2.49. The molecule has 2 N–H and O–H groups in total. The summed E-state index contributed by atoms with van der Waals surface area (Å²) in [6.07, 6.45) is 0.0580. The number of urea groups is 1. The van der Waals surface area contributed by atoms with Crippen LogP contribution in [-0.2, 0) is 9.53 Å². The molecule has 3 amide bonds. The number of hydrogen-bond acceptors (Lipinski definition) is 3. The monoisotopic (exact) mass is 305 g/mol. The fraction of sp³-hybridized carbons (Fsp3) is 0.500. The molecule has 0 spiro atoms. The van der Waals surface area contributed by atoms with Gasteiger partial charge in [0, 0.05) is 31.4 Å². The lowest BCUT2D eigenvalue weighted by atomic mass is 10.1. The van der Waals surface area contributed by atoms with Crippen molar-refractivity contribution >= 4 is 23.3 Å². The molecule has 1 aliphatic rings. The molecule has 0 bridgehead atoms. The molecule has 1 heterocycles. The molecule has 120 valence electrons. The molecule has 2 atom stereocenters. The van der Waals surface area contributed by atoms with Gasteiger partial charge in [-0.1, -0.05) is 6.07 Å². The van der Waals surface area contributed by atoms with Gasteiger partial charge in [-0.2, -0.15) is 0 Å². The van der Waals surface area contributed by atoms with Crippen molar-refractivity contribution in [2.24, 2.45) is 0 Å². The highest BCUT2D eigenvalue weighted by Crippen LogP contribution is 2.21. The third-order valence-corrected chi connectivity index (χ3v) is 3.51. The number of amides is 3. The predicted octanol–water partition coefficient (Wildman–Crippen LogP) is 2.59. The van der Waals surface area contributed by atoms with Crippen LogP contribution in [0.4, 0.5) is 16.2 Å². The van der Waals surface area contributed by atoms with Gasteiger partial charge in [0.15, 0.2) is 0 Å². The first kappa shape index (κ1) is 16.3. The third-order valence-electron chi connectivity index (χ3n) is 3.51. The van der Waals surface area contributed by atoms with E-state index >= 15 is 0 Å². The Kier molecular flexibility index (Phi) is 5.03. The largest absolute Gasteiger partial charge is 0.372 e. The number of benzene rings is 1. The minimum atomic E-state index is -0.148. The van der Waals surface area contributed by atoms with Gasteiger partial charge in [-0.3, -0.25) is 4.79 Å². The van der Waals surface area contributed by atoms with Crippen LogP contribution in [0.3, 0.4) is 0 Å². The average Bonchev–Trinajstić information content (AvgIpc) is 2.40. The van der Waals surface area contributed by atoms with Crippen LogP contribution in [-0.4, -0.2) is 42.1 Å². The average molecular weight is 305 g/mol. The summed E-state index contributed by atoms with van der Waals surface area (Å²) in [7, 11) is 0. The number of carbonyl (C=O) groups excluding carboxylic acids is 2. The number of nitrogens with one attached hydrogen (secondary N) is 2. The van der Waals surface area contributed by atoms with E-state index in [9.17, 15) is 9.59 Å². The van der Waals surface area contributed by atoms with Crippen molar-refractivity contribution in [3.8, 4) is 0 Å². The molecular weight excluding hydrogens is 282 g/mol. The number of rotatable bonds is 2. The maximum Gasteiger partial charge on any atom is 0.322 e. The van der Waals surface area contributed by atoms with Gasteiger partial charge in [0.2, 0.25) is 5.91 Å². The van der Waals surface area contributed by atoms with E-state index in [1.165, 1.54) is 6.92 Å². The number of anilines is 2. The molecule has 6 nitrogen and oxygen atoms in total. The molecule has 22 heavy (non-hydrogen) atoms. The van der Waals surface area contributed by atoms with Gasteiger partial charge in [0.05, 0.1) is 12.2 Å². The van der Waals surface area contributed by atoms with Crippen LogP contribution in [0.5, 0.6) is 0 Å². The summed E-state index contributed by atoms with van der Waals surface area (Å²) in [5.41, 5.74) is 2.30. The molecule has 1 aliphatic heterocycles. The van der Waals surface area contributed by atoms with Crippen molar-refractivity contribution < 1.29 is 14.3 Å². The maximum absolute atomic E-state index is 12.4. The topological polar surface area (TPSA) is 70.7 Å². The first-order valence-corrected chi connectivity index (χ1v) is 7.44. The second-order valence-corrected chi connectivity index (χ2v) is 5.80. The van der Waals surface area contributed by atoms with E-state index in [1.807, 2.05) is 32.9 Å². The Morgan fingerprint density at radius 1 is 1.18 bits per heavy atom. The van der Waals surface area contributed by atoms with Crippen LogP contribution >= 0.6 is 0 Å². The molecule has 0 saturated carbocycles. The number of morpholine rings is 1. The second kappa shape index (κ2) is 6.79. The molecule has 0 aromatic heterocycles. The molecule has 1 saturated heterocycles. The van der Waals surface area contributed by atoms with Crippen LogP contribution in [0.25, 0.3) is 0 Å². The van der Waals surface area contributed by atoms with Gasteiger partial charge in [-0.05, 0) is 38.5 Å². The van der Waals surface area contributed by atoms with Crippen molar-refractivity contribution in [2.75, 3.05) is 23.7 Å². The van der Waals surface area contributed by atoms with Crippen LogP contribution in [0.1, 0.15) is 26.3 Å². The summed E-state index contributed by atoms with van der Waals surface area (Å²) in [5.74, 6) is -0.142. The molecule has 2 rings (SSSR count). The fourth-order valence-electron chi connectivity index (χ4n) is 2.58. The quantitative estimate of drug-likeness (QED) is 0.882. The third kappa shape index (κ3) is 4.21. The number of hydrogen-bond donors (Lipinski definition) is 2. The summed E-state index contributed by atoms with van der Waals surface area (Å²) < 4.78 is 5.63. The number of aryl methyl sites for hydroxylation is 1. The van der Waals surface area contributed by atoms with Crippen LogP contribution in [0.15, 0.2) is 18.2 Å². The first-order chi connectivity index (χ1) is 10.3. The van der Waals surface area contributed by atoms with E-state index in [-0.39, 0.29) is 24.1 Å². The molecule has 0 radical (unpaired) electrons. The van der Waals surface area contributed by atoms with Crippen molar-refractivity contribution in [1.29, 1.82) is 0 Å². The minimum absolute atomic E-state index is 0.0290. The normalized spacial score (nSPS) is 21.4. The van der Waals surface area contributed by atoms with Gasteiger partial charge < -0.3 is 20.3 Å². The molecule has 6 heteroatoms. The Bertz CT molecular complexity index is 564. The first-order valence-electron chi connectivity index (χ1n) is 7.44. The second-order valence-electron chi connectivity index (χ2n) is 5.80. The fourth-order valence-corrected chi connectivity index (χ4v) is 2.58. The van der Waals surface area contributed by atoms with Crippen molar-refractivity contribution in [2.45, 2.75) is 39.9 Å². The van der Waals surface area contributed by atoms with E-state index in [0.29, 0.717) is 24.5 Å². The molecule has 0 aliphatic carbocycles. The van der Waals surface area contributed by atoms with Crippen LogP contribution in [0, 0.1) is 6.92 Å². The summed E-state index contributed by atoms with van der Waals surface area (Å²) in [6.45, 7) is 8.42. The summed E-state index contributed by atoms with van der Waals surface area (Å²) >= 11 is 0. The summed E-state index contributed by atoms with van der Waals surface area (Å²) in [5, 5.41) is 5.63. The Balaban J connectivity index is 2.09. The van der Waals surface area contributed by atoms with Crippen LogP contribution in [0.2, 0.25) is 0 Å². The van der Waals surface area contributed by atoms with E-state index in [4.69, 9.17) is 4.74 Å². The van der Waals surface area contributed by atoms with Gasteiger partial charge in [-0.25, -0.2) is 4.79 Å². The van der Waals surface area contributed by atoms with E-state index in [2.05, 4.69) is 10.6 Å². The van der Waals surface area contributed by atoms with Crippen molar-refractivity contribution in [3.05, 3.63) is 23.8 Å². The Morgan fingerprint density at radius 3 is 2.41 bits per heavy atom. The van der Waals surface area contributed by atoms with E-state index in [1.54, 1.807) is 11.0 Å². The molecule has 1 aromatic rings. The molecule has 1 fully saturated rings. The summed E-state index contributed by atoms with van der Waals surface area (Å²) in [6, 6.07) is 5.30. The van der Waals surface area contributed by atoms with E-state index < -0.39 is 0 Å². The SMILES string of the molecule is CC(=O)Nc1ccc(C)c(NC(=O)N2C[C@@H](C)O[C@@H](C)C2)c1.